The maximum absolute atomic E-state index is 5.10. The number of ether oxygens (including phenoxy) is 1. The maximum Gasteiger partial charge on any atom is 0.0464 e. The summed E-state index contributed by atoms with van der Waals surface area (Å²) in [5.74, 6) is 1.67. The molecule has 15 heavy (non-hydrogen) atoms. The first-order valence-electron chi connectivity index (χ1n) is 5.54. The number of methoxy groups -OCH3 is 1. The molecule has 1 aliphatic carbocycles. The zero-order valence-electron chi connectivity index (χ0n) is 9.08. The van der Waals surface area contributed by atoms with E-state index in [2.05, 4.69) is 40.2 Å². The van der Waals surface area contributed by atoms with Crippen LogP contribution in [0.4, 0.5) is 0 Å². The first-order chi connectivity index (χ1) is 7.29. The van der Waals surface area contributed by atoms with Crippen molar-refractivity contribution in [3.05, 3.63) is 34.3 Å². The van der Waals surface area contributed by atoms with Gasteiger partial charge in [-0.3, -0.25) is 0 Å². The molecular weight excluding hydrogens is 252 g/mol. The zero-order chi connectivity index (χ0) is 10.7. The number of benzene rings is 1. The summed E-state index contributed by atoms with van der Waals surface area (Å²) in [6, 6.07) is 8.70. The maximum atomic E-state index is 5.10. The average Bonchev–Trinajstić information content (AvgIpc) is 2.16. The van der Waals surface area contributed by atoms with Crippen LogP contribution in [0.25, 0.3) is 0 Å². The molecule has 0 atom stereocenters. The number of rotatable bonds is 4. The van der Waals surface area contributed by atoms with E-state index in [0.717, 1.165) is 18.4 Å². The van der Waals surface area contributed by atoms with Crippen LogP contribution in [0.2, 0.25) is 0 Å². The quantitative estimate of drug-likeness (QED) is 0.803. The highest BCUT2D eigenvalue weighted by molar-refractivity contribution is 9.10. The summed E-state index contributed by atoms with van der Waals surface area (Å²) in [6.45, 7) is 0.913. The summed E-state index contributed by atoms with van der Waals surface area (Å²) in [5, 5.41) is 0. The summed E-state index contributed by atoms with van der Waals surface area (Å²) in [6.07, 6.45) is 3.89. The van der Waals surface area contributed by atoms with E-state index >= 15 is 0 Å². The molecule has 1 fully saturated rings. The molecule has 0 unspecified atom stereocenters. The molecule has 2 heteroatoms. The van der Waals surface area contributed by atoms with Crippen LogP contribution in [-0.4, -0.2) is 13.7 Å². The van der Waals surface area contributed by atoms with Gasteiger partial charge in [-0.25, -0.2) is 0 Å². The smallest absolute Gasteiger partial charge is 0.0464 e. The molecule has 2 rings (SSSR count). The van der Waals surface area contributed by atoms with Gasteiger partial charge in [-0.2, -0.15) is 0 Å². The third kappa shape index (κ3) is 2.82. The van der Waals surface area contributed by atoms with Crippen LogP contribution in [0.3, 0.4) is 0 Å². The number of halogens is 1. The molecule has 0 saturated heterocycles. The van der Waals surface area contributed by atoms with Gasteiger partial charge < -0.3 is 4.74 Å². The van der Waals surface area contributed by atoms with Gasteiger partial charge in [-0.1, -0.05) is 28.1 Å². The van der Waals surface area contributed by atoms with Crippen LogP contribution in [-0.2, 0) is 4.74 Å². The normalized spacial score (nSPS) is 24.9. The van der Waals surface area contributed by atoms with E-state index in [1.54, 1.807) is 7.11 Å². The second-order valence-electron chi connectivity index (χ2n) is 4.37. The monoisotopic (exact) mass is 268 g/mol. The Labute approximate surface area is 100.0 Å². The van der Waals surface area contributed by atoms with Gasteiger partial charge in [-0.15, -0.1) is 0 Å². The van der Waals surface area contributed by atoms with Gasteiger partial charge in [-0.05, 0) is 48.8 Å². The minimum Gasteiger partial charge on any atom is -0.385 e. The third-order valence-corrected chi connectivity index (χ3v) is 3.78. The van der Waals surface area contributed by atoms with Crippen molar-refractivity contribution >= 4 is 15.9 Å². The van der Waals surface area contributed by atoms with E-state index in [1.165, 1.54) is 29.3 Å². The lowest BCUT2D eigenvalue weighted by atomic mass is 9.70. The first-order valence-corrected chi connectivity index (χ1v) is 6.33. The second-order valence-corrected chi connectivity index (χ2v) is 5.29. The minimum absolute atomic E-state index is 0.782. The fourth-order valence-electron chi connectivity index (χ4n) is 2.29. The summed E-state index contributed by atoms with van der Waals surface area (Å²) >= 11 is 3.52. The lowest BCUT2D eigenvalue weighted by Crippen LogP contribution is -2.22. The Bertz CT molecular complexity index is 318. The number of hydrogen-bond donors (Lipinski definition) is 0. The van der Waals surface area contributed by atoms with Crippen LogP contribution >= 0.6 is 15.9 Å². The molecule has 0 heterocycles. The Balaban J connectivity index is 1.84. The van der Waals surface area contributed by atoms with Crippen molar-refractivity contribution in [2.45, 2.75) is 25.2 Å². The average molecular weight is 269 g/mol. The molecule has 1 aromatic carbocycles. The van der Waals surface area contributed by atoms with Gasteiger partial charge in [0.15, 0.2) is 0 Å². The SMILES string of the molecule is COCCC1CC(c2cccc(Br)c2)C1. The summed E-state index contributed by atoms with van der Waals surface area (Å²) in [7, 11) is 1.78. The van der Waals surface area contributed by atoms with Crippen LogP contribution in [0, 0.1) is 5.92 Å². The molecule has 0 spiro atoms. The Morgan fingerprint density at radius 1 is 1.40 bits per heavy atom. The van der Waals surface area contributed by atoms with Gasteiger partial charge >= 0.3 is 0 Å². The standard InChI is InChI=1S/C13H17BrO/c1-15-6-5-10-7-12(8-10)11-3-2-4-13(14)9-11/h2-4,9-10,12H,5-8H2,1H3. The molecule has 1 nitrogen and oxygen atoms in total. The Hall–Kier alpha value is -0.340. The largest absolute Gasteiger partial charge is 0.385 e. The van der Waals surface area contributed by atoms with Crippen molar-refractivity contribution in [3.8, 4) is 0 Å². The van der Waals surface area contributed by atoms with Gasteiger partial charge in [0.05, 0.1) is 0 Å². The molecule has 1 aliphatic rings. The van der Waals surface area contributed by atoms with Crippen LogP contribution < -0.4 is 0 Å². The zero-order valence-corrected chi connectivity index (χ0v) is 10.7. The predicted molar refractivity (Wildman–Crippen MR) is 66.1 cm³/mol. The van der Waals surface area contributed by atoms with Crippen LogP contribution in [0.5, 0.6) is 0 Å². The predicted octanol–water partition coefficient (Wildman–Crippen LogP) is 3.98. The van der Waals surface area contributed by atoms with E-state index in [4.69, 9.17) is 4.74 Å². The van der Waals surface area contributed by atoms with Gasteiger partial charge in [0.25, 0.3) is 0 Å². The van der Waals surface area contributed by atoms with E-state index in [0.29, 0.717) is 0 Å². The lowest BCUT2D eigenvalue weighted by Gasteiger charge is -2.35. The van der Waals surface area contributed by atoms with Crippen molar-refractivity contribution < 1.29 is 4.74 Å². The highest BCUT2D eigenvalue weighted by Crippen LogP contribution is 2.43. The molecule has 1 saturated carbocycles. The van der Waals surface area contributed by atoms with Crippen molar-refractivity contribution in [1.29, 1.82) is 0 Å². The molecule has 1 aromatic rings. The molecule has 0 aromatic heterocycles. The summed E-state index contributed by atoms with van der Waals surface area (Å²) in [4.78, 5) is 0. The van der Waals surface area contributed by atoms with Crippen molar-refractivity contribution in [2.24, 2.45) is 5.92 Å². The van der Waals surface area contributed by atoms with Crippen molar-refractivity contribution in [2.75, 3.05) is 13.7 Å². The van der Waals surface area contributed by atoms with E-state index in [-0.39, 0.29) is 0 Å². The van der Waals surface area contributed by atoms with Gasteiger partial charge in [0.1, 0.15) is 0 Å². The fraction of sp³-hybridized carbons (Fsp3) is 0.538. The highest BCUT2D eigenvalue weighted by atomic mass is 79.9. The fourth-order valence-corrected chi connectivity index (χ4v) is 2.71. The molecule has 82 valence electrons. The molecule has 0 amide bonds. The minimum atomic E-state index is 0.782. The van der Waals surface area contributed by atoms with E-state index < -0.39 is 0 Å². The second kappa shape index (κ2) is 5.13. The Morgan fingerprint density at radius 3 is 2.87 bits per heavy atom. The van der Waals surface area contributed by atoms with Crippen molar-refractivity contribution in [1.82, 2.24) is 0 Å². The topological polar surface area (TPSA) is 9.23 Å². The Kier molecular flexibility index (Phi) is 3.81. The molecule has 0 bridgehead atoms. The molecule has 0 radical (unpaired) electrons. The summed E-state index contributed by atoms with van der Waals surface area (Å²) < 4.78 is 6.30. The van der Waals surface area contributed by atoms with Crippen LogP contribution in [0.15, 0.2) is 28.7 Å². The van der Waals surface area contributed by atoms with Gasteiger partial charge in [0, 0.05) is 18.2 Å². The highest BCUT2D eigenvalue weighted by Gasteiger charge is 2.29. The lowest BCUT2D eigenvalue weighted by molar-refractivity contribution is 0.143. The van der Waals surface area contributed by atoms with Crippen molar-refractivity contribution in [3.63, 3.8) is 0 Å². The third-order valence-electron chi connectivity index (χ3n) is 3.29. The van der Waals surface area contributed by atoms with Crippen LogP contribution in [0.1, 0.15) is 30.7 Å². The van der Waals surface area contributed by atoms with Gasteiger partial charge in [0.2, 0.25) is 0 Å². The molecular formula is C13H17BrO. The Morgan fingerprint density at radius 2 is 2.20 bits per heavy atom. The summed E-state index contributed by atoms with van der Waals surface area (Å²) in [5.41, 5.74) is 1.48. The first kappa shape index (κ1) is 11.2. The van der Waals surface area contributed by atoms with E-state index in [9.17, 15) is 0 Å². The molecule has 0 N–H and O–H groups in total. The van der Waals surface area contributed by atoms with E-state index in [1.807, 2.05) is 0 Å². The molecule has 0 aliphatic heterocycles. The number of hydrogen-bond acceptors (Lipinski definition) is 1.